The Morgan fingerprint density at radius 2 is 2.09 bits per heavy atom. The van der Waals surface area contributed by atoms with Crippen LogP contribution in [0.1, 0.15) is 39.5 Å². The summed E-state index contributed by atoms with van der Waals surface area (Å²) in [6.45, 7) is 3.56. The maximum Gasteiger partial charge on any atom is 0.319 e. The fourth-order valence-corrected chi connectivity index (χ4v) is 2.75. The molecule has 0 spiro atoms. The van der Waals surface area contributed by atoms with Crippen LogP contribution in [0.15, 0.2) is 12.4 Å². The predicted molar refractivity (Wildman–Crippen MR) is 82.7 cm³/mol. The fraction of sp³-hybridized carbons (Fsp3) is 0.733. The summed E-state index contributed by atoms with van der Waals surface area (Å²) >= 11 is 0. The third-order valence-corrected chi connectivity index (χ3v) is 3.69. The molecule has 23 heavy (non-hydrogen) atoms. The fourth-order valence-electron chi connectivity index (χ4n) is 2.75. The molecule has 0 atom stereocenters. The van der Waals surface area contributed by atoms with Crippen LogP contribution in [0, 0.1) is 0 Å². The van der Waals surface area contributed by atoms with Gasteiger partial charge in [0.05, 0.1) is 24.1 Å². The summed E-state index contributed by atoms with van der Waals surface area (Å²) in [5.74, 6) is 0. The van der Waals surface area contributed by atoms with Gasteiger partial charge < -0.3 is 15.4 Å². The Hall–Kier alpha value is -1.70. The van der Waals surface area contributed by atoms with Crippen molar-refractivity contribution in [1.82, 2.24) is 15.1 Å². The first-order valence-electron chi connectivity index (χ1n) is 7.96. The van der Waals surface area contributed by atoms with Gasteiger partial charge in [-0.05, 0) is 39.5 Å². The summed E-state index contributed by atoms with van der Waals surface area (Å²) in [5, 5.41) is 9.29. The van der Waals surface area contributed by atoms with Crippen LogP contribution in [0.3, 0.4) is 0 Å². The zero-order valence-electron chi connectivity index (χ0n) is 13.5. The lowest BCUT2D eigenvalue weighted by Gasteiger charge is -2.30. The molecule has 1 heterocycles. The minimum atomic E-state index is -2.47. The van der Waals surface area contributed by atoms with E-state index < -0.39 is 13.0 Å². The van der Waals surface area contributed by atoms with E-state index in [1.165, 1.54) is 12.4 Å². The average molecular weight is 330 g/mol. The Labute approximate surface area is 134 Å². The molecule has 0 radical (unpaired) electrons. The van der Waals surface area contributed by atoms with Gasteiger partial charge in [-0.25, -0.2) is 13.6 Å². The first kappa shape index (κ1) is 17.7. The molecular formula is C15H24F2N4O2. The summed E-state index contributed by atoms with van der Waals surface area (Å²) in [5.41, 5.74) is 0.403. The van der Waals surface area contributed by atoms with E-state index in [1.807, 2.05) is 13.8 Å². The van der Waals surface area contributed by atoms with E-state index in [1.54, 1.807) is 0 Å². The lowest BCUT2D eigenvalue weighted by Crippen LogP contribution is -2.41. The molecule has 2 N–H and O–H groups in total. The first-order valence-corrected chi connectivity index (χ1v) is 7.96. The highest BCUT2D eigenvalue weighted by Gasteiger charge is 2.23. The number of carbonyl (C=O) groups excluding carboxylic acids is 1. The average Bonchev–Trinajstić information content (AvgIpc) is 2.86. The second-order valence-corrected chi connectivity index (χ2v) is 6.10. The van der Waals surface area contributed by atoms with Crippen LogP contribution < -0.4 is 10.6 Å². The molecule has 0 bridgehead atoms. The standard InChI is InChI=1S/C15H24F2N4O2/c1-10(2)23-13-5-3-11(4-6-13)19-15(22)20-12-7-18-21(8-12)9-14(16)17/h7-8,10-11,13-14H,3-6,9H2,1-2H3,(H2,19,20,22). The van der Waals surface area contributed by atoms with Gasteiger partial charge in [-0.15, -0.1) is 0 Å². The van der Waals surface area contributed by atoms with Gasteiger partial charge >= 0.3 is 6.03 Å². The van der Waals surface area contributed by atoms with Gasteiger partial charge in [0.15, 0.2) is 0 Å². The summed E-state index contributed by atoms with van der Waals surface area (Å²) in [6.07, 6.45) is 4.35. The molecule has 1 aliphatic rings. The van der Waals surface area contributed by atoms with Crippen LogP contribution in [0.2, 0.25) is 0 Å². The van der Waals surface area contributed by atoms with Crippen LogP contribution in [0.4, 0.5) is 19.3 Å². The van der Waals surface area contributed by atoms with E-state index in [-0.39, 0.29) is 24.3 Å². The van der Waals surface area contributed by atoms with E-state index in [0.717, 1.165) is 30.4 Å². The second-order valence-electron chi connectivity index (χ2n) is 6.10. The van der Waals surface area contributed by atoms with Crippen molar-refractivity contribution in [3.05, 3.63) is 12.4 Å². The molecular weight excluding hydrogens is 306 g/mol. The minimum absolute atomic E-state index is 0.109. The molecule has 1 saturated carbocycles. The molecule has 1 aromatic rings. The van der Waals surface area contributed by atoms with Gasteiger partial charge in [-0.1, -0.05) is 0 Å². The molecule has 130 valence electrons. The molecule has 0 saturated heterocycles. The third kappa shape index (κ3) is 6.13. The molecule has 0 aromatic carbocycles. The molecule has 1 aromatic heterocycles. The van der Waals surface area contributed by atoms with Crippen molar-refractivity contribution in [1.29, 1.82) is 0 Å². The van der Waals surface area contributed by atoms with Crippen molar-refractivity contribution in [2.75, 3.05) is 5.32 Å². The predicted octanol–water partition coefficient (Wildman–Crippen LogP) is 3.01. The molecule has 0 aliphatic heterocycles. The molecule has 1 fully saturated rings. The minimum Gasteiger partial charge on any atom is -0.376 e. The number of hydrogen-bond acceptors (Lipinski definition) is 3. The highest BCUT2D eigenvalue weighted by molar-refractivity contribution is 5.89. The first-order chi connectivity index (χ1) is 10.9. The van der Waals surface area contributed by atoms with Crippen molar-refractivity contribution in [3.63, 3.8) is 0 Å². The normalized spacial score (nSPS) is 21.7. The monoisotopic (exact) mass is 330 g/mol. The van der Waals surface area contributed by atoms with Gasteiger partial charge in [-0.2, -0.15) is 5.10 Å². The number of halogens is 2. The maximum absolute atomic E-state index is 12.2. The zero-order chi connectivity index (χ0) is 16.8. The van der Waals surface area contributed by atoms with Crippen LogP contribution in [0.25, 0.3) is 0 Å². The zero-order valence-corrected chi connectivity index (χ0v) is 13.5. The molecule has 2 amide bonds. The van der Waals surface area contributed by atoms with Crippen molar-refractivity contribution < 1.29 is 18.3 Å². The number of amides is 2. The number of ether oxygens (including phenoxy) is 1. The number of alkyl halides is 2. The highest BCUT2D eigenvalue weighted by Crippen LogP contribution is 2.22. The number of nitrogens with zero attached hydrogens (tertiary/aromatic N) is 2. The lowest BCUT2D eigenvalue weighted by atomic mass is 9.93. The third-order valence-electron chi connectivity index (χ3n) is 3.69. The van der Waals surface area contributed by atoms with E-state index in [2.05, 4.69) is 15.7 Å². The maximum atomic E-state index is 12.2. The summed E-state index contributed by atoms with van der Waals surface area (Å²) < 4.78 is 31.4. The quantitative estimate of drug-likeness (QED) is 0.842. The van der Waals surface area contributed by atoms with Crippen LogP contribution in [-0.4, -0.2) is 40.5 Å². The number of carbonyl (C=O) groups is 1. The van der Waals surface area contributed by atoms with Crippen LogP contribution in [-0.2, 0) is 11.3 Å². The van der Waals surface area contributed by atoms with Gasteiger partial charge in [0, 0.05) is 12.2 Å². The number of rotatable bonds is 6. The van der Waals surface area contributed by atoms with E-state index in [4.69, 9.17) is 4.74 Å². The molecule has 6 nitrogen and oxygen atoms in total. The Bertz CT molecular complexity index is 499. The van der Waals surface area contributed by atoms with Gasteiger partial charge in [0.25, 0.3) is 6.43 Å². The Morgan fingerprint density at radius 1 is 1.39 bits per heavy atom. The summed E-state index contributed by atoms with van der Waals surface area (Å²) in [6, 6.07) is -0.229. The van der Waals surface area contributed by atoms with Gasteiger partial charge in [0.2, 0.25) is 0 Å². The highest BCUT2D eigenvalue weighted by atomic mass is 19.3. The van der Waals surface area contributed by atoms with Gasteiger partial charge in [-0.3, -0.25) is 4.68 Å². The number of hydrogen-bond donors (Lipinski definition) is 2. The smallest absolute Gasteiger partial charge is 0.319 e. The van der Waals surface area contributed by atoms with Crippen molar-refractivity contribution in [2.24, 2.45) is 0 Å². The number of urea groups is 1. The number of anilines is 1. The van der Waals surface area contributed by atoms with E-state index in [9.17, 15) is 13.6 Å². The van der Waals surface area contributed by atoms with Gasteiger partial charge in [0.1, 0.15) is 6.54 Å². The van der Waals surface area contributed by atoms with Crippen LogP contribution in [0.5, 0.6) is 0 Å². The molecule has 2 rings (SSSR count). The SMILES string of the molecule is CC(C)OC1CCC(NC(=O)Nc2cnn(CC(F)F)c2)CC1. The van der Waals surface area contributed by atoms with E-state index >= 15 is 0 Å². The number of aromatic nitrogens is 2. The van der Waals surface area contributed by atoms with Crippen molar-refractivity contribution in [3.8, 4) is 0 Å². The van der Waals surface area contributed by atoms with Crippen molar-refractivity contribution in [2.45, 2.75) is 70.8 Å². The second kappa shape index (κ2) is 8.24. The molecule has 1 aliphatic carbocycles. The van der Waals surface area contributed by atoms with Crippen LogP contribution >= 0.6 is 0 Å². The molecule has 0 unspecified atom stereocenters. The summed E-state index contributed by atoms with van der Waals surface area (Å²) in [7, 11) is 0. The number of nitrogens with one attached hydrogen (secondary N) is 2. The van der Waals surface area contributed by atoms with E-state index in [0.29, 0.717) is 5.69 Å². The summed E-state index contributed by atoms with van der Waals surface area (Å²) in [4.78, 5) is 11.9. The Morgan fingerprint density at radius 3 is 2.70 bits per heavy atom. The Balaban J connectivity index is 1.72. The topological polar surface area (TPSA) is 68.2 Å². The largest absolute Gasteiger partial charge is 0.376 e. The molecule has 8 heteroatoms. The van der Waals surface area contributed by atoms with Crippen molar-refractivity contribution >= 4 is 11.7 Å². The Kier molecular flexibility index (Phi) is 6.32. The lowest BCUT2D eigenvalue weighted by molar-refractivity contribution is -0.0155.